The van der Waals surface area contributed by atoms with Crippen LogP contribution in [0.4, 0.5) is 16.2 Å². The topological polar surface area (TPSA) is 102 Å². The first-order valence-electron chi connectivity index (χ1n) is 15.8. The number of carbonyl (C=O) groups is 1. The van der Waals surface area contributed by atoms with Gasteiger partial charge < -0.3 is 34.7 Å². The van der Waals surface area contributed by atoms with Crippen molar-refractivity contribution in [3.05, 3.63) is 120 Å². The molecule has 3 N–H and O–H groups in total. The average molecular weight is 624 g/mol. The second kappa shape index (κ2) is 15.4. The summed E-state index contributed by atoms with van der Waals surface area (Å²) < 4.78 is 24.4. The van der Waals surface area contributed by atoms with Crippen LogP contribution >= 0.6 is 0 Å². The van der Waals surface area contributed by atoms with Crippen LogP contribution in [0.15, 0.2) is 103 Å². The number of methoxy groups -OCH3 is 1. The highest BCUT2D eigenvalue weighted by Gasteiger charge is 2.35. The van der Waals surface area contributed by atoms with Crippen LogP contribution in [0.1, 0.15) is 48.3 Å². The third kappa shape index (κ3) is 8.31. The molecular weight excluding hydrogens is 582 g/mol. The van der Waals surface area contributed by atoms with E-state index in [1.807, 2.05) is 91.0 Å². The molecule has 2 fully saturated rings. The van der Waals surface area contributed by atoms with E-state index in [2.05, 4.69) is 15.5 Å². The fourth-order valence-electron chi connectivity index (χ4n) is 6.06. The van der Waals surface area contributed by atoms with Gasteiger partial charge in [0, 0.05) is 43.1 Å². The Morgan fingerprint density at radius 2 is 1.50 bits per heavy atom. The molecule has 0 radical (unpaired) electrons. The van der Waals surface area contributed by atoms with Gasteiger partial charge in [0.05, 0.1) is 25.4 Å². The molecule has 9 heteroatoms. The number of hydrogen-bond donors (Lipinski definition) is 3. The number of hydrogen-bond acceptors (Lipinski definition) is 7. The SMILES string of the molecule is COC[C@@H]1CCCN1C[C@H]1C[C@@H](c2ccc(CO)cc2)O[C@@H](c2ccc(NC(=O)Nc3ccc(Oc4ccccc4)cc3)cc2)O1. The predicted molar refractivity (Wildman–Crippen MR) is 177 cm³/mol. The minimum Gasteiger partial charge on any atom is -0.457 e. The molecule has 2 aliphatic heterocycles. The number of para-hydroxylation sites is 1. The highest BCUT2D eigenvalue weighted by Crippen LogP contribution is 2.39. The number of carbonyl (C=O) groups excluding carboxylic acids is 1. The summed E-state index contributed by atoms with van der Waals surface area (Å²) in [6.07, 6.45) is 2.25. The fourth-order valence-corrected chi connectivity index (χ4v) is 6.06. The van der Waals surface area contributed by atoms with Gasteiger partial charge in [-0.05, 0) is 79.0 Å². The van der Waals surface area contributed by atoms with Crippen molar-refractivity contribution in [2.75, 3.05) is 37.4 Å². The van der Waals surface area contributed by atoms with E-state index in [-0.39, 0.29) is 24.8 Å². The van der Waals surface area contributed by atoms with E-state index < -0.39 is 6.29 Å². The summed E-state index contributed by atoms with van der Waals surface area (Å²) in [7, 11) is 1.76. The molecule has 2 aliphatic rings. The number of aliphatic hydroxyl groups excluding tert-OH is 1. The highest BCUT2D eigenvalue weighted by atomic mass is 16.7. The van der Waals surface area contributed by atoms with Crippen molar-refractivity contribution < 1.29 is 28.8 Å². The molecule has 4 atom stereocenters. The molecule has 9 nitrogen and oxygen atoms in total. The van der Waals surface area contributed by atoms with Crippen LogP contribution in [0, 0.1) is 0 Å². The summed E-state index contributed by atoms with van der Waals surface area (Å²) >= 11 is 0. The zero-order valence-electron chi connectivity index (χ0n) is 26.0. The average Bonchev–Trinajstić information content (AvgIpc) is 3.52. The minimum absolute atomic E-state index is 0.00438. The van der Waals surface area contributed by atoms with E-state index >= 15 is 0 Å². The molecule has 6 rings (SSSR count). The molecule has 0 aliphatic carbocycles. The Kier molecular flexibility index (Phi) is 10.6. The Hall–Kier alpha value is -4.25. The third-order valence-electron chi connectivity index (χ3n) is 8.44. The lowest BCUT2D eigenvalue weighted by atomic mass is 9.99. The number of amides is 2. The van der Waals surface area contributed by atoms with Gasteiger partial charge >= 0.3 is 6.03 Å². The van der Waals surface area contributed by atoms with Crippen molar-refractivity contribution in [3.8, 4) is 11.5 Å². The molecule has 0 bridgehead atoms. The number of anilines is 2. The van der Waals surface area contributed by atoms with Gasteiger partial charge in [0.1, 0.15) is 11.5 Å². The second-order valence-corrected chi connectivity index (χ2v) is 11.7. The Morgan fingerprint density at radius 3 is 2.17 bits per heavy atom. The summed E-state index contributed by atoms with van der Waals surface area (Å²) in [5, 5.41) is 15.3. The van der Waals surface area contributed by atoms with Gasteiger partial charge in [0.15, 0.2) is 6.29 Å². The zero-order chi connectivity index (χ0) is 31.7. The Labute approximate surface area is 270 Å². The van der Waals surface area contributed by atoms with Crippen LogP contribution in [-0.4, -0.2) is 55.0 Å². The molecule has 0 saturated carbocycles. The van der Waals surface area contributed by atoms with E-state index in [0.29, 0.717) is 29.8 Å². The summed E-state index contributed by atoms with van der Waals surface area (Å²) in [6.45, 7) is 2.56. The Bertz CT molecular complexity index is 1530. The molecule has 2 saturated heterocycles. The first-order chi connectivity index (χ1) is 22.6. The van der Waals surface area contributed by atoms with Crippen LogP contribution in [0.2, 0.25) is 0 Å². The van der Waals surface area contributed by atoms with Crippen LogP contribution < -0.4 is 15.4 Å². The van der Waals surface area contributed by atoms with E-state index in [9.17, 15) is 9.90 Å². The molecule has 4 aromatic rings. The minimum atomic E-state index is -0.566. The van der Waals surface area contributed by atoms with Crippen molar-refractivity contribution in [3.63, 3.8) is 0 Å². The maximum atomic E-state index is 12.7. The van der Waals surface area contributed by atoms with Crippen molar-refractivity contribution in [2.24, 2.45) is 0 Å². The number of benzene rings is 4. The van der Waals surface area contributed by atoms with Crippen LogP contribution in [0.25, 0.3) is 0 Å². The number of aliphatic hydroxyl groups is 1. The van der Waals surface area contributed by atoms with Crippen molar-refractivity contribution >= 4 is 17.4 Å². The quantitative estimate of drug-likeness (QED) is 0.162. The Morgan fingerprint density at radius 1 is 0.848 bits per heavy atom. The van der Waals surface area contributed by atoms with Gasteiger partial charge in [-0.15, -0.1) is 0 Å². The molecular formula is C37H41N3O6. The lowest BCUT2D eigenvalue weighted by Gasteiger charge is -2.38. The van der Waals surface area contributed by atoms with E-state index in [0.717, 1.165) is 54.8 Å². The molecule has 2 amide bonds. The van der Waals surface area contributed by atoms with Crippen molar-refractivity contribution in [1.29, 1.82) is 0 Å². The lowest BCUT2D eigenvalue weighted by molar-refractivity contribution is -0.253. The molecule has 0 spiro atoms. The monoisotopic (exact) mass is 623 g/mol. The third-order valence-corrected chi connectivity index (χ3v) is 8.44. The number of rotatable bonds is 11. The highest BCUT2D eigenvalue weighted by molar-refractivity contribution is 5.99. The van der Waals surface area contributed by atoms with Crippen molar-refractivity contribution in [2.45, 2.75) is 50.4 Å². The van der Waals surface area contributed by atoms with Gasteiger partial charge in [0.25, 0.3) is 0 Å². The van der Waals surface area contributed by atoms with E-state index in [1.54, 1.807) is 19.2 Å². The first kappa shape index (κ1) is 31.7. The zero-order valence-corrected chi connectivity index (χ0v) is 26.0. The van der Waals surface area contributed by atoms with E-state index in [4.69, 9.17) is 18.9 Å². The van der Waals surface area contributed by atoms with E-state index in [1.165, 1.54) is 0 Å². The fraction of sp³-hybridized carbons (Fsp3) is 0.324. The summed E-state index contributed by atoms with van der Waals surface area (Å²) in [4.78, 5) is 15.2. The largest absolute Gasteiger partial charge is 0.457 e. The molecule has 2 heterocycles. The van der Waals surface area contributed by atoms with Gasteiger partial charge in [0.2, 0.25) is 0 Å². The molecule has 240 valence electrons. The van der Waals surface area contributed by atoms with Crippen molar-refractivity contribution in [1.82, 2.24) is 4.90 Å². The normalized spacial score (nSPS) is 21.5. The predicted octanol–water partition coefficient (Wildman–Crippen LogP) is 7.27. The van der Waals surface area contributed by atoms with Crippen LogP contribution in [0.5, 0.6) is 11.5 Å². The summed E-state index contributed by atoms with van der Waals surface area (Å²) in [6, 6.07) is 32.3. The molecule has 46 heavy (non-hydrogen) atoms. The van der Waals surface area contributed by atoms with Crippen LogP contribution in [0.3, 0.4) is 0 Å². The standard InChI is InChI=1S/C37H41N3O6/c1-43-25-31-6-5-21-40(31)23-34-22-35(27-11-9-26(24-41)10-12-27)46-36(45-34)28-13-15-29(16-14-28)38-37(42)39-30-17-19-33(20-18-30)44-32-7-3-2-4-8-32/h2-4,7-20,31,34-36,41H,5-6,21-25H2,1H3,(H2,38,39,42)/t31-,34+,35-,36-/m0/s1. The number of nitrogens with one attached hydrogen (secondary N) is 2. The molecule has 0 aromatic heterocycles. The Balaban J connectivity index is 1.09. The number of urea groups is 1. The van der Waals surface area contributed by atoms with Gasteiger partial charge in [-0.3, -0.25) is 4.90 Å². The summed E-state index contributed by atoms with van der Waals surface area (Å²) in [5.74, 6) is 1.43. The maximum absolute atomic E-state index is 12.7. The number of likely N-dealkylation sites (tertiary alicyclic amines) is 1. The number of nitrogens with zero attached hydrogens (tertiary/aromatic N) is 1. The van der Waals surface area contributed by atoms with Gasteiger partial charge in [-0.25, -0.2) is 4.79 Å². The molecule has 4 aromatic carbocycles. The molecule has 0 unspecified atom stereocenters. The number of ether oxygens (including phenoxy) is 4. The maximum Gasteiger partial charge on any atom is 0.323 e. The summed E-state index contributed by atoms with van der Waals surface area (Å²) in [5.41, 5.74) is 4.09. The van der Waals surface area contributed by atoms with Crippen LogP contribution in [-0.2, 0) is 20.8 Å². The van der Waals surface area contributed by atoms with Gasteiger partial charge in [-0.1, -0.05) is 54.6 Å². The van der Waals surface area contributed by atoms with Gasteiger partial charge in [-0.2, -0.15) is 0 Å². The second-order valence-electron chi connectivity index (χ2n) is 11.7. The first-order valence-corrected chi connectivity index (χ1v) is 15.8. The lowest BCUT2D eigenvalue weighted by Crippen LogP contribution is -2.42. The smallest absolute Gasteiger partial charge is 0.323 e.